The van der Waals surface area contributed by atoms with Crippen molar-refractivity contribution in [1.29, 1.82) is 0 Å². The van der Waals surface area contributed by atoms with Crippen LogP contribution >= 0.6 is 0 Å². The molecule has 24 heavy (non-hydrogen) atoms. The maximum absolute atomic E-state index is 11.8. The Balaban J connectivity index is 1.60. The average Bonchev–Trinajstić information content (AvgIpc) is 2.63. The van der Waals surface area contributed by atoms with Crippen LogP contribution in [-0.4, -0.2) is 72.0 Å². The number of aromatic nitrogens is 3. The number of hydrogen-bond donors (Lipinski definition) is 0. The molecule has 1 amide bonds. The summed E-state index contributed by atoms with van der Waals surface area (Å²) < 4.78 is 5.05. The first kappa shape index (κ1) is 16.7. The van der Waals surface area contributed by atoms with Crippen LogP contribution in [0.3, 0.4) is 0 Å². The van der Waals surface area contributed by atoms with Crippen molar-refractivity contribution in [2.24, 2.45) is 5.92 Å². The largest absolute Gasteiger partial charge is 0.450 e. The number of rotatable bonds is 3. The van der Waals surface area contributed by atoms with Crippen molar-refractivity contribution >= 4 is 17.9 Å². The summed E-state index contributed by atoms with van der Waals surface area (Å²) in [5.74, 6) is 2.32. The Hall–Kier alpha value is -2.12. The minimum Gasteiger partial charge on any atom is -0.450 e. The molecule has 0 bridgehead atoms. The first-order valence-corrected chi connectivity index (χ1v) is 8.78. The van der Waals surface area contributed by atoms with Gasteiger partial charge in [-0.3, -0.25) is 0 Å². The zero-order valence-electron chi connectivity index (χ0n) is 14.5. The first-order valence-electron chi connectivity index (χ1n) is 8.78. The fourth-order valence-electron chi connectivity index (χ4n) is 3.11. The number of carbonyl (C=O) groups excluding carboxylic acids is 1. The quantitative estimate of drug-likeness (QED) is 0.827. The Morgan fingerprint density at radius 3 is 2.54 bits per heavy atom. The zero-order valence-corrected chi connectivity index (χ0v) is 14.5. The molecule has 0 N–H and O–H groups in total. The van der Waals surface area contributed by atoms with Gasteiger partial charge in [-0.1, -0.05) is 6.92 Å². The molecule has 2 fully saturated rings. The van der Waals surface area contributed by atoms with E-state index >= 15 is 0 Å². The second-order valence-electron chi connectivity index (χ2n) is 6.46. The van der Waals surface area contributed by atoms with Gasteiger partial charge in [0.15, 0.2) is 5.82 Å². The lowest BCUT2D eigenvalue weighted by Crippen LogP contribution is -2.49. The van der Waals surface area contributed by atoms with E-state index in [-0.39, 0.29) is 6.09 Å². The summed E-state index contributed by atoms with van der Waals surface area (Å²) in [5.41, 5.74) is 0. The van der Waals surface area contributed by atoms with E-state index in [1.807, 2.05) is 6.92 Å². The van der Waals surface area contributed by atoms with E-state index in [4.69, 9.17) is 9.72 Å². The number of piperazine rings is 1. The lowest BCUT2D eigenvalue weighted by Gasteiger charge is -2.35. The van der Waals surface area contributed by atoms with E-state index in [9.17, 15) is 4.79 Å². The van der Waals surface area contributed by atoms with Gasteiger partial charge in [0, 0.05) is 39.3 Å². The average molecular weight is 334 g/mol. The third-order valence-electron chi connectivity index (χ3n) is 4.73. The molecule has 0 aromatic carbocycles. The van der Waals surface area contributed by atoms with Crippen LogP contribution in [0.5, 0.6) is 0 Å². The molecule has 8 nitrogen and oxygen atoms in total. The van der Waals surface area contributed by atoms with Crippen LogP contribution in [0.15, 0.2) is 6.20 Å². The monoisotopic (exact) mass is 334 g/mol. The molecule has 0 unspecified atom stereocenters. The molecule has 0 spiro atoms. The number of hydrogen-bond acceptors (Lipinski definition) is 7. The third kappa shape index (κ3) is 3.85. The number of amides is 1. The Kier molecular flexibility index (Phi) is 5.32. The van der Waals surface area contributed by atoms with Gasteiger partial charge in [-0.05, 0) is 25.7 Å². The Morgan fingerprint density at radius 1 is 1.17 bits per heavy atom. The molecule has 3 heterocycles. The van der Waals surface area contributed by atoms with Crippen molar-refractivity contribution in [3.63, 3.8) is 0 Å². The van der Waals surface area contributed by atoms with Crippen LogP contribution in [0.25, 0.3) is 0 Å². The molecule has 0 saturated carbocycles. The summed E-state index contributed by atoms with van der Waals surface area (Å²) in [6.07, 6.45) is 3.81. The van der Waals surface area contributed by atoms with Gasteiger partial charge in [0.1, 0.15) is 0 Å². The van der Waals surface area contributed by atoms with Crippen LogP contribution in [0.1, 0.15) is 26.7 Å². The Labute approximate surface area is 142 Å². The minimum absolute atomic E-state index is 0.235. The summed E-state index contributed by atoms with van der Waals surface area (Å²) in [6.45, 7) is 9.23. The van der Waals surface area contributed by atoms with Crippen molar-refractivity contribution in [2.75, 3.05) is 55.7 Å². The van der Waals surface area contributed by atoms with Gasteiger partial charge in [-0.15, -0.1) is 5.10 Å². The fourth-order valence-corrected chi connectivity index (χ4v) is 3.11. The summed E-state index contributed by atoms with van der Waals surface area (Å²) in [6, 6.07) is 0. The standard InChI is InChI=1S/C16H26N6O2/c1-3-24-16(23)22-10-8-20(9-11-22)14-12-17-19-15(18-14)21-6-4-13(2)5-7-21/h12-13H,3-11H2,1-2H3. The molecule has 0 radical (unpaired) electrons. The maximum Gasteiger partial charge on any atom is 0.409 e. The highest BCUT2D eigenvalue weighted by Gasteiger charge is 2.24. The second-order valence-corrected chi connectivity index (χ2v) is 6.46. The number of carbonyl (C=O) groups is 1. The van der Waals surface area contributed by atoms with Gasteiger partial charge in [0.25, 0.3) is 0 Å². The minimum atomic E-state index is -0.235. The SMILES string of the molecule is CCOC(=O)N1CCN(c2cnnc(N3CCC(C)CC3)n2)CC1. The predicted octanol–water partition coefficient (Wildman–Crippen LogP) is 1.39. The van der Waals surface area contributed by atoms with Gasteiger partial charge in [0.2, 0.25) is 5.95 Å². The zero-order chi connectivity index (χ0) is 16.9. The van der Waals surface area contributed by atoms with Crippen molar-refractivity contribution in [1.82, 2.24) is 20.1 Å². The summed E-state index contributed by atoms with van der Waals surface area (Å²) in [4.78, 5) is 22.6. The smallest absolute Gasteiger partial charge is 0.409 e. The Morgan fingerprint density at radius 2 is 1.88 bits per heavy atom. The highest BCUT2D eigenvalue weighted by Crippen LogP contribution is 2.21. The van der Waals surface area contributed by atoms with E-state index in [1.54, 1.807) is 11.1 Å². The van der Waals surface area contributed by atoms with Crippen molar-refractivity contribution in [3.8, 4) is 0 Å². The van der Waals surface area contributed by atoms with Gasteiger partial charge < -0.3 is 19.4 Å². The molecule has 2 aliphatic heterocycles. The van der Waals surface area contributed by atoms with Crippen LogP contribution in [0.4, 0.5) is 16.6 Å². The third-order valence-corrected chi connectivity index (χ3v) is 4.73. The topological polar surface area (TPSA) is 74.7 Å². The highest BCUT2D eigenvalue weighted by molar-refractivity contribution is 5.68. The lowest BCUT2D eigenvalue weighted by molar-refractivity contribution is 0.105. The normalized spacial score (nSPS) is 19.5. The van der Waals surface area contributed by atoms with E-state index < -0.39 is 0 Å². The summed E-state index contributed by atoms with van der Waals surface area (Å²) in [5, 5.41) is 8.34. The lowest BCUT2D eigenvalue weighted by atomic mass is 10.00. The molecule has 1 aromatic rings. The second kappa shape index (κ2) is 7.63. The molecule has 0 atom stereocenters. The molecule has 3 rings (SSSR count). The fraction of sp³-hybridized carbons (Fsp3) is 0.750. The van der Waals surface area contributed by atoms with Crippen LogP contribution in [-0.2, 0) is 4.74 Å². The van der Waals surface area contributed by atoms with Gasteiger partial charge in [-0.25, -0.2) is 4.79 Å². The first-order chi connectivity index (χ1) is 11.7. The van der Waals surface area contributed by atoms with Gasteiger partial charge >= 0.3 is 6.09 Å². The molecule has 132 valence electrons. The van der Waals surface area contributed by atoms with E-state index in [1.165, 1.54) is 12.8 Å². The summed E-state index contributed by atoms with van der Waals surface area (Å²) >= 11 is 0. The summed E-state index contributed by atoms with van der Waals surface area (Å²) in [7, 11) is 0. The number of anilines is 2. The number of ether oxygens (including phenoxy) is 1. The molecule has 8 heteroatoms. The van der Waals surface area contributed by atoms with Crippen LogP contribution < -0.4 is 9.80 Å². The molecular weight excluding hydrogens is 308 g/mol. The van der Waals surface area contributed by atoms with Gasteiger partial charge in [0.05, 0.1) is 12.8 Å². The van der Waals surface area contributed by atoms with Crippen LogP contribution in [0, 0.1) is 5.92 Å². The Bertz CT molecular complexity index is 553. The van der Waals surface area contributed by atoms with Crippen molar-refractivity contribution in [2.45, 2.75) is 26.7 Å². The molecule has 2 saturated heterocycles. The molecule has 2 aliphatic rings. The van der Waals surface area contributed by atoms with Crippen molar-refractivity contribution in [3.05, 3.63) is 6.20 Å². The number of piperidine rings is 1. The van der Waals surface area contributed by atoms with Crippen molar-refractivity contribution < 1.29 is 9.53 Å². The maximum atomic E-state index is 11.8. The number of nitrogens with zero attached hydrogens (tertiary/aromatic N) is 6. The highest BCUT2D eigenvalue weighted by atomic mass is 16.6. The molecular formula is C16H26N6O2. The van der Waals surface area contributed by atoms with E-state index in [0.29, 0.717) is 25.6 Å². The molecule has 1 aromatic heterocycles. The van der Waals surface area contributed by atoms with Gasteiger partial charge in [-0.2, -0.15) is 10.1 Å². The van der Waals surface area contributed by atoms with E-state index in [0.717, 1.165) is 37.9 Å². The molecule has 0 aliphatic carbocycles. The predicted molar refractivity (Wildman–Crippen MR) is 91.2 cm³/mol. The van der Waals surface area contributed by atoms with E-state index in [2.05, 4.69) is 26.9 Å². The van der Waals surface area contributed by atoms with Crippen LogP contribution in [0.2, 0.25) is 0 Å².